The summed E-state index contributed by atoms with van der Waals surface area (Å²) in [5, 5.41) is 18.9. The number of carboxylic acid groups (broad SMARTS) is 1. The molecule has 1 aliphatic rings. The first kappa shape index (κ1) is 23.4. The van der Waals surface area contributed by atoms with Gasteiger partial charge in [-0.3, -0.25) is 4.79 Å². The monoisotopic (exact) mass is 483 g/mol. The van der Waals surface area contributed by atoms with E-state index in [1.54, 1.807) is 0 Å². The zero-order chi connectivity index (χ0) is 23.0. The van der Waals surface area contributed by atoms with Crippen LogP contribution in [0.25, 0.3) is 0 Å². The molecule has 2 heterocycles. The fourth-order valence-corrected chi connectivity index (χ4v) is 6.05. The highest BCUT2D eigenvalue weighted by Gasteiger charge is 2.41. The van der Waals surface area contributed by atoms with Crippen LogP contribution in [0.2, 0.25) is 0 Å². The molecule has 1 saturated heterocycles. The predicted molar refractivity (Wildman–Crippen MR) is 101 cm³/mol. The van der Waals surface area contributed by atoms with Gasteiger partial charge in [-0.05, 0) is 36.8 Å². The second-order valence-corrected chi connectivity index (χ2v) is 9.97. The molecule has 31 heavy (non-hydrogen) atoms. The number of aliphatic carboxylic acids is 1. The van der Waals surface area contributed by atoms with E-state index in [0.717, 1.165) is 10.4 Å². The Morgan fingerprint density at radius 1 is 1.26 bits per heavy atom. The van der Waals surface area contributed by atoms with Crippen molar-refractivity contribution in [3.05, 3.63) is 47.3 Å². The third-order valence-corrected chi connectivity index (χ3v) is 8.05. The number of sulfonamides is 1. The normalized spacial score (nSPS) is 20.5. The van der Waals surface area contributed by atoms with Crippen molar-refractivity contribution in [3.8, 4) is 5.06 Å². The van der Waals surface area contributed by atoms with Gasteiger partial charge in [0, 0.05) is 18.5 Å². The predicted octanol–water partition coefficient (Wildman–Crippen LogP) is 3.08. The number of alkyl halides is 3. The highest BCUT2D eigenvalue weighted by molar-refractivity contribution is 7.91. The van der Waals surface area contributed by atoms with Crippen LogP contribution < -0.4 is 4.74 Å². The van der Waals surface area contributed by atoms with Crippen LogP contribution in [0.4, 0.5) is 17.6 Å². The minimum Gasteiger partial charge on any atom is -0.480 e. The van der Waals surface area contributed by atoms with Crippen molar-refractivity contribution in [1.29, 1.82) is 0 Å². The highest BCUT2D eigenvalue weighted by Crippen LogP contribution is 2.36. The average molecular weight is 483 g/mol. The van der Waals surface area contributed by atoms with Crippen molar-refractivity contribution in [1.82, 2.24) is 4.31 Å². The maximum absolute atomic E-state index is 13.4. The Morgan fingerprint density at radius 3 is 2.61 bits per heavy atom. The largest absolute Gasteiger partial charge is 0.480 e. The fourth-order valence-electron chi connectivity index (χ4n) is 3.18. The molecule has 0 amide bonds. The molecule has 2 N–H and O–H groups in total. The Bertz CT molecular complexity index is 1070. The molecular formula is C18H17F4NO6S2. The van der Waals surface area contributed by atoms with Gasteiger partial charge in [0.25, 0.3) is 10.0 Å². The summed E-state index contributed by atoms with van der Waals surface area (Å²) in [4.78, 5) is 11.4. The number of aliphatic hydroxyl groups is 1. The Balaban J connectivity index is 1.79. The van der Waals surface area contributed by atoms with Crippen LogP contribution in [0, 0.1) is 5.82 Å². The molecule has 0 bridgehead atoms. The number of rotatable bonds is 6. The van der Waals surface area contributed by atoms with E-state index in [9.17, 15) is 41.0 Å². The molecule has 1 aromatic heterocycles. The Labute approximate surface area is 178 Å². The van der Waals surface area contributed by atoms with Gasteiger partial charge < -0.3 is 14.9 Å². The fraction of sp³-hybridized carbons (Fsp3) is 0.389. The first-order chi connectivity index (χ1) is 14.4. The second-order valence-electron chi connectivity index (χ2n) is 6.81. The number of thiophene rings is 1. The number of carbonyl (C=O) groups is 1. The van der Waals surface area contributed by atoms with E-state index in [2.05, 4.69) is 0 Å². The van der Waals surface area contributed by atoms with E-state index < -0.39 is 57.9 Å². The van der Waals surface area contributed by atoms with Crippen LogP contribution in [0.3, 0.4) is 0 Å². The minimum atomic E-state index is -4.72. The van der Waals surface area contributed by atoms with Gasteiger partial charge in [-0.15, -0.1) is 0 Å². The van der Waals surface area contributed by atoms with Crippen molar-refractivity contribution in [2.75, 3.05) is 6.54 Å². The smallest absolute Gasteiger partial charge is 0.416 e. The quantitative estimate of drug-likeness (QED) is 0.612. The Morgan fingerprint density at radius 2 is 1.97 bits per heavy atom. The zero-order valence-electron chi connectivity index (χ0n) is 15.7. The van der Waals surface area contributed by atoms with Gasteiger partial charge in [-0.2, -0.15) is 17.5 Å². The molecule has 0 spiro atoms. The molecule has 2 atom stereocenters. The first-order valence-corrected chi connectivity index (χ1v) is 11.2. The number of hydrogen-bond acceptors (Lipinski definition) is 6. The van der Waals surface area contributed by atoms with Gasteiger partial charge in [0.1, 0.15) is 22.7 Å². The lowest BCUT2D eigenvalue weighted by Crippen LogP contribution is -2.51. The number of ether oxygens (including phenoxy) is 1. The van der Waals surface area contributed by atoms with E-state index in [1.807, 2.05) is 0 Å². The SMILES string of the molecule is O=C(O)C1CC(O)CCN1S(=O)(=O)c1ccc(OCc2cc(F)ccc2C(F)(F)F)s1. The first-order valence-electron chi connectivity index (χ1n) is 8.90. The summed E-state index contributed by atoms with van der Waals surface area (Å²) in [7, 11) is -4.24. The molecule has 0 radical (unpaired) electrons. The molecule has 3 rings (SSSR count). The lowest BCUT2D eigenvalue weighted by atomic mass is 10.0. The number of benzene rings is 1. The number of halogens is 4. The maximum atomic E-state index is 13.4. The molecule has 1 aromatic carbocycles. The van der Waals surface area contributed by atoms with Crippen LogP contribution in [0.1, 0.15) is 24.0 Å². The van der Waals surface area contributed by atoms with Crippen molar-refractivity contribution >= 4 is 27.3 Å². The summed E-state index contributed by atoms with van der Waals surface area (Å²) in [6.45, 7) is -0.854. The second kappa shape index (κ2) is 8.73. The molecule has 7 nitrogen and oxygen atoms in total. The number of aliphatic hydroxyl groups excluding tert-OH is 1. The molecule has 1 aliphatic heterocycles. The Hall–Kier alpha value is -2.22. The summed E-state index contributed by atoms with van der Waals surface area (Å²) in [6.07, 6.45) is -5.86. The van der Waals surface area contributed by atoms with E-state index in [0.29, 0.717) is 29.5 Å². The number of piperidine rings is 1. The summed E-state index contributed by atoms with van der Waals surface area (Å²) in [5.74, 6) is -2.28. The van der Waals surface area contributed by atoms with Crippen molar-refractivity contribution < 1.29 is 45.7 Å². The number of carboxylic acids is 1. The van der Waals surface area contributed by atoms with Crippen molar-refractivity contribution in [2.45, 2.75) is 42.0 Å². The molecular weight excluding hydrogens is 466 g/mol. The van der Waals surface area contributed by atoms with E-state index in [1.165, 1.54) is 6.07 Å². The summed E-state index contributed by atoms with van der Waals surface area (Å²) in [5.41, 5.74) is -1.53. The lowest BCUT2D eigenvalue weighted by molar-refractivity contribution is -0.144. The third kappa shape index (κ3) is 5.17. The lowest BCUT2D eigenvalue weighted by Gasteiger charge is -2.33. The third-order valence-electron chi connectivity index (χ3n) is 4.67. The summed E-state index contributed by atoms with van der Waals surface area (Å²) < 4.78 is 84.1. The molecule has 2 aromatic rings. The van der Waals surface area contributed by atoms with Gasteiger partial charge >= 0.3 is 12.1 Å². The topological polar surface area (TPSA) is 104 Å². The van der Waals surface area contributed by atoms with Crippen LogP contribution in [-0.2, 0) is 27.6 Å². The molecule has 13 heteroatoms. The van der Waals surface area contributed by atoms with E-state index >= 15 is 0 Å². The van der Waals surface area contributed by atoms with Gasteiger partial charge in [-0.1, -0.05) is 11.3 Å². The molecule has 2 unspecified atom stereocenters. The van der Waals surface area contributed by atoms with Gasteiger partial charge in [0.15, 0.2) is 5.06 Å². The molecule has 0 aliphatic carbocycles. The standard InChI is InChI=1S/C18H17F4NO6S2/c19-11-1-2-13(18(20,21)22)10(7-11)9-29-15-3-4-16(30-15)31(27,28)23-6-5-12(24)8-14(23)17(25)26/h1-4,7,12,14,24H,5-6,8-9H2,(H,25,26). The maximum Gasteiger partial charge on any atom is 0.416 e. The highest BCUT2D eigenvalue weighted by atomic mass is 32.2. The number of nitrogens with zero attached hydrogens (tertiary/aromatic N) is 1. The van der Waals surface area contributed by atoms with Gasteiger partial charge in [-0.25, -0.2) is 12.8 Å². The molecule has 0 saturated carbocycles. The summed E-state index contributed by atoms with van der Waals surface area (Å²) in [6, 6.07) is 2.88. The average Bonchev–Trinajstić information content (AvgIpc) is 3.15. The van der Waals surface area contributed by atoms with Crippen LogP contribution in [0.5, 0.6) is 5.06 Å². The van der Waals surface area contributed by atoms with Crippen LogP contribution >= 0.6 is 11.3 Å². The van der Waals surface area contributed by atoms with E-state index in [4.69, 9.17) is 4.74 Å². The van der Waals surface area contributed by atoms with Crippen LogP contribution in [0.15, 0.2) is 34.5 Å². The summed E-state index contributed by atoms with van der Waals surface area (Å²) >= 11 is 0.603. The van der Waals surface area contributed by atoms with Gasteiger partial charge in [0.05, 0.1) is 11.7 Å². The molecule has 170 valence electrons. The zero-order valence-corrected chi connectivity index (χ0v) is 17.3. The Kier molecular flexibility index (Phi) is 6.60. The minimum absolute atomic E-state index is 0.0418. The van der Waals surface area contributed by atoms with Crippen LogP contribution in [-0.4, -0.2) is 47.6 Å². The van der Waals surface area contributed by atoms with Gasteiger partial charge in [0.2, 0.25) is 0 Å². The van der Waals surface area contributed by atoms with Crippen molar-refractivity contribution in [2.24, 2.45) is 0 Å². The van der Waals surface area contributed by atoms with Crippen molar-refractivity contribution in [3.63, 3.8) is 0 Å². The van der Waals surface area contributed by atoms with E-state index in [-0.39, 0.29) is 28.7 Å². The molecule has 1 fully saturated rings. The number of hydrogen-bond donors (Lipinski definition) is 2.